The van der Waals surface area contributed by atoms with Crippen molar-refractivity contribution >= 4 is 11.3 Å². The van der Waals surface area contributed by atoms with Gasteiger partial charge in [-0.25, -0.2) is 0 Å². The minimum absolute atomic E-state index is 0.504. The average molecular weight is 251 g/mol. The normalized spacial score (nSPS) is 20.0. The third-order valence-electron chi connectivity index (χ3n) is 4.49. The maximum atomic E-state index is 3.75. The van der Waals surface area contributed by atoms with Gasteiger partial charge in [-0.1, -0.05) is 13.3 Å². The van der Waals surface area contributed by atoms with E-state index in [0.717, 1.165) is 0 Å². The molecular formula is C15H25NS. The van der Waals surface area contributed by atoms with Gasteiger partial charge in [0, 0.05) is 22.3 Å². The van der Waals surface area contributed by atoms with Crippen LogP contribution in [0.15, 0.2) is 6.07 Å². The zero-order valence-electron chi connectivity index (χ0n) is 11.6. The monoisotopic (exact) mass is 251 g/mol. The summed E-state index contributed by atoms with van der Waals surface area (Å²) in [6.07, 6.45) is 5.60. The van der Waals surface area contributed by atoms with Crippen LogP contribution in [0, 0.1) is 19.3 Å². The van der Waals surface area contributed by atoms with Crippen molar-refractivity contribution in [2.75, 3.05) is 6.54 Å². The van der Waals surface area contributed by atoms with Crippen molar-refractivity contribution in [2.45, 2.75) is 59.4 Å². The highest BCUT2D eigenvalue weighted by Crippen LogP contribution is 2.43. The lowest BCUT2D eigenvalue weighted by Gasteiger charge is -2.42. The first-order valence-electron chi connectivity index (χ1n) is 6.87. The van der Waals surface area contributed by atoms with E-state index in [-0.39, 0.29) is 0 Å². The molecule has 0 radical (unpaired) electrons. The molecule has 1 aliphatic carbocycles. The molecule has 0 aromatic carbocycles. The van der Waals surface area contributed by atoms with E-state index in [4.69, 9.17) is 0 Å². The predicted octanol–water partition coefficient (Wildman–Crippen LogP) is 4.60. The molecule has 1 aromatic rings. The van der Waals surface area contributed by atoms with E-state index in [1.807, 2.05) is 11.3 Å². The molecule has 1 heterocycles. The molecule has 1 aromatic heterocycles. The first-order valence-corrected chi connectivity index (χ1v) is 7.68. The van der Waals surface area contributed by atoms with Gasteiger partial charge in [0.1, 0.15) is 0 Å². The number of hydrogen-bond donors (Lipinski definition) is 1. The summed E-state index contributed by atoms with van der Waals surface area (Å²) in [6.45, 7) is 10.3. The van der Waals surface area contributed by atoms with Gasteiger partial charge < -0.3 is 5.32 Å². The molecule has 1 unspecified atom stereocenters. The summed E-state index contributed by atoms with van der Waals surface area (Å²) in [5.41, 5.74) is 2.12. The second-order valence-corrected chi connectivity index (χ2v) is 7.14. The van der Waals surface area contributed by atoms with E-state index >= 15 is 0 Å². The van der Waals surface area contributed by atoms with Gasteiger partial charge in [0.25, 0.3) is 0 Å². The summed E-state index contributed by atoms with van der Waals surface area (Å²) in [4.78, 5) is 2.90. The molecule has 0 amide bonds. The second kappa shape index (κ2) is 5.11. The third-order valence-corrected chi connectivity index (χ3v) is 5.48. The Morgan fingerprint density at radius 3 is 2.53 bits per heavy atom. The fraction of sp³-hybridized carbons (Fsp3) is 0.733. The zero-order chi connectivity index (χ0) is 12.5. The molecule has 1 saturated carbocycles. The minimum atomic E-state index is 0.504. The van der Waals surface area contributed by atoms with Crippen LogP contribution in [0.4, 0.5) is 0 Å². The molecule has 0 aliphatic heterocycles. The molecule has 2 rings (SSSR count). The lowest BCUT2D eigenvalue weighted by atomic mass is 9.67. The predicted molar refractivity (Wildman–Crippen MR) is 76.8 cm³/mol. The maximum absolute atomic E-state index is 3.75. The van der Waals surface area contributed by atoms with Gasteiger partial charge in [0.2, 0.25) is 0 Å². The van der Waals surface area contributed by atoms with Crippen LogP contribution in [0.2, 0.25) is 0 Å². The minimum Gasteiger partial charge on any atom is -0.310 e. The highest BCUT2D eigenvalue weighted by atomic mass is 32.1. The van der Waals surface area contributed by atoms with Crippen LogP contribution in [-0.4, -0.2) is 6.54 Å². The molecule has 2 heteroatoms. The molecule has 17 heavy (non-hydrogen) atoms. The molecular weight excluding hydrogens is 226 g/mol. The Hall–Kier alpha value is -0.340. The summed E-state index contributed by atoms with van der Waals surface area (Å²) >= 11 is 1.92. The summed E-state index contributed by atoms with van der Waals surface area (Å²) in [7, 11) is 0. The Labute approximate surface area is 110 Å². The molecule has 1 aliphatic rings. The Balaban J connectivity index is 1.93. The Kier molecular flexibility index (Phi) is 3.94. The number of nitrogens with one attached hydrogen (secondary N) is 1. The van der Waals surface area contributed by atoms with E-state index in [9.17, 15) is 0 Å². The van der Waals surface area contributed by atoms with Crippen LogP contribution < -0.4 is 5.32 Å². The molecule has 0 saturated heterocycles. The number of hydrogen-bond acceptors (Lipinski definition) is 2. The summed E-state index contributed by atoms with van der Waals surface area (Å²) in [6, 6.07) is 2.85. The molecule has 1 atom stereocenters. The van der Waals surface area contributed by atoms with E-state index in [1.165, 1.54) is 47.5 Å². The van der Waals surface area contributed by atoms with E-state index in [2.05, 4.69) is 39.1 Å². The molecule has 0 spiro atoms. The number of aryl methyl sites for hydroxylation is 2. The average Bonchev–Trinajstić information content (AvgIpc) is 2.57. The third kappa shape index (κ3) is 2.74. The van der Waals surface area contributed by atoms with Crippen molar-refractivity contribution in [3.05, 3.63) is 21.4 Å². The quantitative estimate of drug-likeness (QED) is 0.806. The number of thiophene rings is 1. The standard InChI is InChI=1S/C15H25NS/c1-5-15(7-6-8-15)10-16-12(3)14-9-11(2)17-13(14)4/h9,12,16H,5-8,10H2,1-4H3. The van der Waals surface area contributed by atoms with Crippen molar-refractivity contribution in [2.24, 2.45) is 5.41 Å². The van der Waals surface area contributed by atoms with Crippen molar-refractivity contribution < 1.29 is 0 Å². The summed E-state index contributed by atoms with van der Waals surface area (Å²) in [5, 5.41) is 3.75. The largest absolute Gasteiger partial charge is 0.310 e. The van der Waals surface area contributed by atoms with Gasteiger partial charge in [0.15, 0.2) is 0 Å². The van der Waals surface area contributed by atoms with Gasteiger partial charge in [-0.2, -0.15) is 0 Å². The van der Waals surface area contributed by atoms with Crippen molar-refractivity contribution in [3.8, 4) is 0 Å². The van der Waals surface area contributed by atoms with Gasteiger partial charge in [-0.3, -0.25) is 0 Å². The van der Waals surface area contributed by atoms with Crippen molar-refractivity contribution in [3.63, 3.8) is 0 Å². The lowest BCUT2D eigenvalue weighted by molar-refractivity contribution is 0.120. The Morgan fingerprint density at radius 1 is 1.41 bits per heavy atom. The summed E-state index contributed by atoms with van der Waals surface area (Å²) < 4.78 is 0. The second-order valence-electron chi connectivity index (χ2n) is 5.68. The van der Waals surface area contributed by atoms with Crippen molar-refractivity contribution in [1.82, 2.24) is 5.32 Å². The smallest absolute Gasteiger partial charge is 0.0303 e. The molecule has 0 bridgehead atoms. The first-order chi connectivity index (χ1) is 8.06. The van der Waals surface area contributed by atoms with E-state index in [0.29, 0.717) is 11.5 Å². The van der Waals surface area contributed by atoms with Gasteiger partial charge in [0.05, 0.1) is 0 Å². The fourth-order valence-electron chi connectivity index (χ4n) is 2.89. The van der Waals surface area contributed by atoms with Crippen LogP contribution >= 0.6 is 11.3 Å². The summed E-state index contributed by atoms with van der Waals surface area (Å²) in [5.74, 6) is 0. The molecule has 1 nitrogen and oxygen atoms in total. The van der Waals surface area contributed by atoms with Gasteiger partial charge >= 0.3 is 0 Å². The van der Waals surface area contributed by atoms with Crippen LogP contribution in [0.5, 0.6) is 0 Å². The van der Waals surface area contributed by atoms with Crippen LogP contribution in [0.25, 0.3) is 0 Å². The highest BCUT2D eigenvalue weighted by molar-refractivity contribution is 7.12. The first kappa shape index (κ1) is 13.1. The van der Waals surface area contributed by atoms with Crippen LogP contribution in [0.1, 0.15) is 60.9 Å². The van der Waals surface area contributed by atoms with E-state index in [1.54, 1.807) is 0 Å². The van der Waals surface area contributed by atoms with Gasteiger partial charge in [-0.15, -0.1) is 11.3 Å². The zero-order valence-corrected chi connectivity index (χ0v) is 12.4. The van der Waals surface area contributed by atoms with Crippen molar-refractivity contribution in [1.29, 1.82) is 0 Å². The van der Waals surface area contributed by atoms with Gasteiger partial charge in [-0.05, 0) is 57.1 Å². The topological polar surface area (TPSA) is 12.0 Å². The Morgan fingerprint density at radius 2 is 2.12 bits per heavy atom. The van der Waals surface area contributed by atoms with Crippen LogP contribution in [-0.2, 0) is 0 Å². The fourth-order valence-corrected chi connectivity index (χ4v) is 3.91. The number of rotatable bonds is 5. The van der Waals surface area contributed by atoms with E-state index < -0.39 is 0 Å². The molecule has 96 valence electrons. The SMILES string of the molecule is CCC1(CNC(C)c2cc(C)sc2C)CCC1. The molecule has 1 N–H and O–H groups in total. The highest BCUT2D eigenvalue weighted by Gasteiger charge is 2.34. The molecule has 1 fully saturated rings. The maximum Gasteiger partial charge on any atom is 0.0303 e. The van der Waals surface area contributed by atoms with Crippen LogP contribution in [0.3, 0.4) is 0 Å². The Bertz CT molecular complexity index is 371. The lowest BCUT2D eigenvalue weighted by Crippen LogP contribution is -2.40.